The van der Waals surface area contributed by atoms with Crippen LogP contribution in [0.25, 0.3) is 0 Å². The minimum absolute atomic E-state index is 0.351. The Morgan fingerprint density at radius 2 is 1.79 bits per heavy atom. The molecule has 6 heteroatoms. The largest absolute Gasteiger partial charge is 0.405 e. The fourth-order valence-electron chi connectivity index (χ4n) is 1.04. The third-order valence-corrected chi connectivity index (χ3v) is 2.41. The van der Waals surface area contributed by atoms with E-state index in [2.05, 4.69) is 0 Å². The lowest BCUT2D eigenvalue weighted by Gasteiger charge is -2.40. The smallest absolute Gasteiger partial charge is 0.394 e. The summed E-state index contributed by atoms with van der Waals surface area (Å²) in [5.74, 6) is 0. The van der Waals surface area contributed by atoms with Crippen LogP contribution in [-0.4, -0.2) is 48.0 Å². The summed E-state index contributed by atoms with van der Waals surface area (Å²) in [5, 5.41) is 8.92. The van der Waals surface area contributed by atoms with Crippen molar-refractivity contribution >= 4 is 0 Å². The van der Waals surface area contributed by atoms with Gasteiger partial charge < -0.3 is 10.8 Å². The highest BCUT2D eigenvalue weighted by atomic mass is 19.4. The summed E-state index contributed by atoms with van der Waals surface area (Å²) in [7, 11) is 1.31. The van der Waals surface area contributed by atoms with Crippen molar-refractivity contribution in [3.63, 3.8) is 0 Å². The molecule has 0 aromatic rings. The van der Waals surface area contributed by atoms with E-state index in [0.29, 0.717) is 0 Å². The van der Waals surface area contributed by atoms with Crippen LogP contribution in [0.1, 0.15) is 13.8 Å². The Morgan fingerprint density at radius 3 is 2.00 bits per heavy atom. The third kappa shape index (κ3) is 3.11. The highest BCUT2D eigenvalue weighted by Gasteiger charge is 2.45. The fraction of sp³-hybridized carbons (Fsp3) is 1.00. The molecule has 1 unspecified atom stereocenters. The summed E-state index contributed by atoms with van der Waals surface area (Å²) in [5.41, 5.74) is 4.14. The summed E-state index contributed by atoms with van der Waals surface area (Å²) in [4.78, 5) is 1.05. The molecule has 0 bridgehead atoms. The number of nitrogens with two attached hydrogens (primary N) is 1. The van der Waals surface area contributed by atoms with Crippen LogP contribution in [0, 0.1) is 0 Å². The van der Waals surface area contributed by atoms with E-state index in [1.54, 1.807) is 0 Å². The van der Waals surface area contributed by atoms with Gasteiger partial charge in [-0.1, -0.05) is 0 Å². The maximum absolute atomic E-state index is 12.4. The van der Waals surface area contributed by atoms with Gasteiger partial charge in [0, 0.05) is 12.1 Å². The zero-order valence-corrected chi connectivity index (χ0v) is 8.60. The Morgan fingerprint density at radius 1 is 1.36 bits per heavy atom. The predicted molar refractivity (Wildman–Crippen MR) is 47.8 cm³/mol. The molecule has 0 aliphatic carbocycles. The van der Waals surface area contributed by atoms with Crippen LogP contribution < -0.4 is 5.73 Å². The molecule has 0 saturated heterocycles. The predicted octanol–water partition coefficient (Wildman–Crippen LogP) is 0.579. The summed E-state index contributed by atoms with van der Waals surface area (Å²) < 4.78 is 37.3. The minimum atomic E-state index is -4.37. The molecule has 0 aromatic heterocycles. The van der Waals surface area contributed by atoms with Gasteiger partial charge in [-0.15, -0.1) is 0 Å². The molecule has 0 aliphatic heterocycles. The molecule has 0 radical (unpaired) electrons. The third-order valence-electron chi connectivity index (χ3n) is 2.41. The topological polar surface area (TPSA) is 49.5 Å². The zero-order valence-electron chi connectivity index (χ0n) is 8.60. The van der Waals surface area contributed by atoms with Crippen LogP contribution in [0.3, 0.4) is 0 Å². The monoisotopic (exact) mass is 214 g/mol. The summed E-state index contributed by atoms with van der Waals surface area (Å²) in [6.45, 7) is 2.20. The van der Waals surface area contributed by atoms with Crippen LogP contribution in [0.15, 0.2) is 0 Å². The highest BCUT2D eigenvalue weighted by Crippen LogP contribution is 2.27. The quantitative estimate of drug-likeness (QED) is 0.719. The van der Waals surface area contributed by atoms with Gasteiger partial charge in [-0.3, -0.25) is 4.90 Å². The Balaban J connectivity index is 4.71. The average Bonchev–Trinajstić information content (AvgIpc) is 2.03. The Bertz CT molecular complexity index is 182. The van der Waals surface area contributed by atoms with Gasteiger partial charge in [0.15, 0.2) is 0 Å². The number of hydrogen-bond acceptors (Lipinski definition) is 3. The van der Waals surface area contributed by atoms with Gasteiger partial charge in [0.1, 0.15) is 6.04 Å². The fourth-order valence-corrected chi connectivity index (χ4v) is 1.04. The Kier molecular flexibility index (Phi) is 4.35. The van der Waals surface area contributed by atoms with Crippen molar-refractivity contribution in [2.75, 3.05) is 20.2 Å². The SMILES string of the molecule is CN(C(CN)C(F)(F)F)C(C)(C)CO. The van der Waals surface area contributed by atoms with Crippen LogP contribution in [0.5, 0.6) is 0 Å². The van der Waals surface area contributed by atoms with E-state index in [-0.39, 0.29) is 6.61 Å². The summed E-state index contributed by atoms with van der Waals surface area (Å²) in [6.07, 6.45) is -4.37. The second-order valence-corrected chi connectivity index (χ2v) is 3.87. The van der Waals surface area contributed by atoms with Crippen LogP contribution in [-0.2, 0) is 0 Å². The van der Waals surface area contributed by atoms with E-state index in [1.807, 2.05) is 0 Å². The average molecular weight is 214 g/mol. The Hall–Kier alpha value is -0.330. The number of hydrogen-bond donors (Lipinski definition) is 2. The normalized spacial score (nSPS) is 16.1. The molecule has 14 heavy (non-hydrogen) atoms. The van der Waals surface area contributed by atoms with E-state index >= 15 is 0 Å². The lowest BCUT2D eigenvalue weighted by Crippen LogP contribution is -2.57. The van der Waals surface area contributed by atoms with Crippen LogP contribution in [0.4, 0.5) is 13.2 Å². The number of aliphatic hydroxyl groups excluding tert-OH is 1. The Labute approximate surface area is 81.7 Å². The van der Waals surface area contributed by atoms with Crippen LogP contribution in [0.2, 0.25) is 0 Å². The van der Waals surface area contributed by atoms with Gasteiger partial charge in [0.2, 0.25) is 0 Å². The highest BCUT2D eigenvalue weighted by molar-refractivity contribution is 4.87. The van der Waals surface area contributed by atoms with Crippen molar-refractivity contribution in [2.24, 2.45) is 5.73 Å². The van der Waals surface area contributed by atoms with E-state index in [1.165, 1.54) is 20.9 Å². The molecule has 0 heterocycles. The lowest BCUT2D eigenvalue weighted by atomic mass is 10.0. The van der Waals surface area contributed by atoms with Crippen molar-refractivity contribution in [1.29, 1.82) is 0 Å². The molecule has 0 rings (SSSR count). The zero-order chi connectivity index (χ0) is 11.6. The molecule has 86 valence electrons. The van der Waals surface area contributed by atoms with Gasteiger partial charge in [-0.25, -0.2) is 0 Å². The maximum Gasteiger partial charge on any atom is 0.405 e. The number of nitrogens with zero attached hydrogens (tertiary/aromatic N) is 1. The number of aliphatic hydroxyl groups is 1. The number of rotatable bonds is 4. The first-order valence-corrected chi connectivity index (χ1v) is 4.27. The molecule has 0 aliphatic rings. The van der Waals surface area contributed by atoms with Crippen molar-refractivity contribution in [2.45, 2.75) is 31.6 Å². The molecular weight excluding hydrogens is 197 g/mol. The van der Waals surface area contributed by atoms with E-state index in [0.717, 1.165) is 4.90 Å². The minimum Gasteiger partial charge on any atom is -0.394 e. The molecule has 1 atom stereocenters. The van der Waals surface area contributed by atoms with E-state index in [4.69, 9.17) is 10.8 Å². The van der Waals surface area contributed by atoms with Gasteiger partial charge in [-0.2, -0.15) is 13.2 Å². The first kappa shape index (κ1) is 13.7. The van der Waals surface area contributed by atoms with E-state index in [9.17, 15) is 13.2 Å². The standard InChI is InChI=1S/C8H17F3N2O/c1-7(2,5-14)13(3)6(4-12)8(9,10)11/h6,14H,4-5,12H2,1-3H3. The van der Waals surface area contributed by atoms with E-state index < -0.39 is 24.3 Å². The second kappa shape index (κ2) is 4.46. The second-order valence-electron chi connectivity index (χ2n) is 3.87. The molecule has 0 aromatic carbocycles. The van der Waals surface area contributed by atoms with Crippen molar-refractivity contribution in [1.82, 2.24) is 4.90 Å². The van der Waals surface area contributed by atoms with Gasteiger partial charge in [-0.05, 0) is 20.9 Å². The number of likely N-dealkylation sites (N-methyl/N-ethyl adjacent to an activating group) is 1. The lowest BCUT2D eigenvalue weighted by molar-refractivity contribution is -0.191. The first-order chi connectivity index (χ1) is 6.16. The molecule has 0 spiro atoms. The van der Waals surface area contributed by atoms with Gasteiger partial charge in [0.25, 0.3) is 0 Å². The molecule has 0 saturated carbocycles. The molecule has 3 N–H and O–H groups in total. The maximum atomic E-state index is 12.4. The molecular formula is C8H17F3N2O. The number of alkyl halides is 3. The van der Waals surface area contributed by atoms with Crippen molar-refractivity contribution in [3.8, 4) is 0 Å². The van der Waals surface area contributed by atoms with Crippen molar-refractivity contribution < 1.29 is 18.3 Å². The number of halogens is 3. The van der Waals surface area contributed by atoms with Crippen molar-refractivity contribution in [3.05, 3.63) is 0 Å². The molecule has 0 amide bonds. The molecule has 0 fully saturated rings. The summed E-state index contributed by atoms with van der Waals surface area (Å²) in [6, 6.07) is -1.72. The molecule has 3 nitrogen and oxygen atoms in total. The van der Waals surface area contributed by atoms with Gasteiger partial charge in [0.05, 0.1) is 6.61 Å². The first-order valence-electron chi connectivity index (χ1n) is 4.27. The van der Waals surface area contributed by atoms with Crippen LogP contribution >= 0.6 is 0 Å². The summed E-state index contributed by atoms with van der Waals surface area (Å²) >= 11 is 0. The van der Waals surface area contributed by atoms with Gasteiger partial charge >= 0.3 is 6.18 Å².